The van der Waals surface area contributed by atoms with E-state index in [0.29, 0.717) is 18.5 Å². The van der Waals surface area contributed by atoms with Crippen LogP contribution in [0.1, 0.15) is 49.9 Å². The molecule has 1 aliphatic heterocycles. The molecule has 0 bridgehead atoms. The van der Waals surface area contributed by atoms with Crippen LogP contribution in [0.25, 0.3) is 0 Å². The molecule has 0 saturated heterocycles. The van der Waals surface area contributed by atoms with Crippen molar-refractivity contribution in [2.75, 3.05) is 5.32 Å². The number of carbonyl (C=O) groups is 1. The molecule has 1 atom stereocenters. The highest BCUT2D eigenvalue weighted by molar-refractivity contribution is 5.99. The van der Waals surface area contributed by atoms with E-state index in [9.17, 15) is 9.90 Å². The maximum absolute atomic E-state index is 13.0. The molecule has 0 unspecified atom stereocenters. The Hall–Kier alpha value is -3.44. The first-order valence-corrected chi connectivity index (χ1v) is 10.2. The number of nitrogens with one attached hydrogen (secondary N) is 1. The second-order valence-electron chi connectivity index (χ2n) is 8.89. The third-order valence-corrected chi connectivity index (χ3v) is 6.16. The second kappa shape index (κ2) is 7.36. The Kier molecular flexibility index (Phi) is 4.94. The first kappa shape index (κ1) is 20.8. The zero-order valence-electron chi connectivity index (χ0n) is 17.9. The Morgan fingerprint density at radius 2 is 2.03 bits per heavy atom. The van der Waals surface area contributed by atoms with Crippen molar-refractivity contribution in [3.05, 3.63) is 53.3 Å². The normalized spacial score (nSPS) is 27.8. The van der Waals surface area contributed by atoms with E-state index in [0.717, 1.165) is 22.5 Å². The Labute approximate surface area is 181 Å². The summed E-state index contributed by atoms with van der Waals surface area (Å²) in [4.78, 5) is 23.4. The summed E-state index contributed by atoms with van der Waals surface area (Å²) in [5, 5.41) is 22.3. The molecule has 2 heterocycles. The molecule has 1 aromatic heterocycles. The zero-order chi connectivity index (χ0) is 22.4. The predicted octanol–water partition coefficient (Wildman–Crippen LogP) is 2.68. The van der Waals surface area contributed by atoms with E-state index in [4.69, 9.17) is 16.0 Å². The molecule has 0 spiro atoms. The van der Waals surface area contributed by atoms with Gasteiger partial charge in [0.25, 0.3) is 0 Å². The third kappa shape index (κ3) is 3.84. The topological polar surface area (TPSA) is 128 Å². The van der Waals surface area contributed by atoms with Crippen molar-refractivity contribution in [3.63, 3.8) is 0 Å². The van der Waals surface area contributed by atoms with Crippen molar-refractivity contribution < 1.29 is 9.90 Å². The molecule has 4 rings (SSSR count). The number of aliphatic imine (C=N–C) groups is 1. The SMILES string of the molecule is Cc1c(Nc2ccc(C#N)nc2)cccc1[C@]1(C)CC(=O)N(C2CC(C)(O)C2)C(N)=N1. The van der Waals surface area contributed by atoms with Crippen molar-refractivity contribution in [1.82, 2.24) is 9.88 Å². The van der Waals surface area contributed by atoms with Crippen LogP contribution in [0.4, 0.5) is 11.4 Å². The standard InChI is InChI=1S/C23H26N6O2/c1-14-18(5-4-6-19(14)27-16-8-7-15(12-24)26-13-16)23(3)11-20(30)29(21(25)28-23)17-9-22(2,31)10-17/h4-8,13,17,27,31H,9-11H2,1-3H3,(H2,25,28)/t17?,22?,23-/m0/s1. The van der Waals surface area contributed by atoms with Crippen LogP contribution in [0.3, 0.4) is 0 Å². The number of nitriles is 1. The van der Waals surface area contributed by atoms with Gasteiger partial charge in [-0.05, 0) is 62.9 Å². The summed E-state index contributed by atoms with van der Waals surface area (Å²) in [7, 11) is 0. The molecular formula is C23H26N6O2. The fraction of sp³-hybridized carbons (Fsp3) is 0.391. The number of nitrogens with zero attached hydrogens (tertiary/aromatic N) is 4. The van der Waals surface area contributed by atoms with Gasteiger partial charge in [-0.25, -0.2) is 9.98 Å². The maximum Gasteiger partial charge on any atom is 0.232 e. The molecule has 1 fully saturated rings. The number of amides is 1. The number of hydrogen-bond donors (Lipinski definition) is 3. The zero-order valence-corrected chi connectivity index (χ0v) is 17.9. The fourth-order valence-corrected chi connectivity index (χ4v) is 4.58. The summed E-state index contributed by atoms with van der Waals surface area (Å²) < 4.78 is 0. The minimum absolute atomic E-state index is 0.0791. The van der Waals surface area contributed by atoms with Gasteiger partial charge in [0.15, 0.2) is 5.96 Å². The Balaban J connectivity index is 1.62. The van der Waals surface area contributed by atoms with E-state index < -0.39 is 11.1 Å². The molecule has 31 heavy (non-hydrogen) atoms. The van der Waals surface area contributed by atoms with Gasteiger partial charge in [-0.3, -0.25) is 9.69 Å². The Morgan fingerprint density at radius 3 is 2.61 bits per heavy atom. The molecule has 1 saturated carbocycles. The average Bonchev–Trinajstić information content (AvgIpc) is 2.68. The number of anilines is 2. The van der Waals surface area contributed by atoms with Gasteiger partial charge < -0.3 is 16.2 Å². The van der Waals surface area contributed by atoms with Gasteiger partial charge in [-0.15, -0.1) is 0 Å². The number of hydrogen-bond acceptors (Lipinski definition) is 7. The molecule has 8 heteroatoms. The summed E-state index contributed by atoms with van der Waals surface area (Å²) in [5.74, 6) is 0.123. The quantitative estimate of drug-likeness (QED) is 0.700. The molecule has 0 radical (unpaired) electrons. The molecular weight excluding hydrogens is 392 g/mol. The van der Waals surface area contributed by atoms with Crippen molar-refractivity contribution in [2.45, 2.75) is 57.2 Å². The monoisotopic (exact) mass is 418 g/mol. The number of aromatic nitrogens is 1. The number of nitrogens with two attached hydrogens (primary N) is 1. The van der Waals surface area contributed by atoms with Crippen LogP contribution in [-0.4, -0.2) is 38.5 Å². The molecule has 2 aromatic rings. The van der Waals surface area contributed by atoms with E-state index in [1.165, 1.54) is 0 Å². The summed E-state index contributed by atoms with van der Waals surface area (Å²) in [6.45, 7) is 5.66. The van der Waals surface area contributed by atoms with Crippen LogP contribution in [0.5, 0.6) is 0 Å². The second-order valence-corrected chi connectivity index (χ2v) is 8.89. The summed E-state index contributed by atoms with van der Waals surface area (Å²) in [6.07, 6.45) is 2.82. The summed E-state index contributed by atoms with van der Waals surface area (Å²) in [6, 6.07) is 11.2. The average molecular weight is 419 g/mol. The molecule has 1 amide bonds. The van der Waals surface area contributed by atoms with Gasteiger partial charge in [0.2, 0.25) is 5.91 Å². The van der Waals surface area contributed by atoms with E-state index in [-0.39, 0.29) is 24.3 Å². The van der Waals surface area contributed by atoms with Gasteiger partial charge in [0.1, 0.15) is 11.8 Å². The smallest absolute Gasteiger partial charge is 0.232 e. The van der Waals surface area contributed by atoms with Crippen LogP contribution in [0.15, 0.2) is 41.5 Å². The van der Waals surface area contributed by atoms with E-state index in [1.54, 1.807) is 30.2 Å². The highest BCUT2D eigenvalue weighted by atomic mass is 16.3. The van der Waals surface area contributed by atoms with Gasteiger partial charge in [0, 0.05) is 11.7 Å². The van der Waals surface area contributed by atoms with E-state index in [2.05, 4.69) is 10.3 Å². The predicted molar refractivity (Wildman–Crippen MR) is 117 cm³/mol. The van der Waals surface area contributed by atoms with Crippen LogP contribution in [0, 0.1) is 18.3 Å². The molecule has 2 aliphatic rings. The van der Waals surface area contributed by atoms with Crippen molar-refractivity contribution in [3.8, 4) is 6.07 Å². The molecule has 1 aromatic carbocycles. The lowest BCUT2D eigenvalue weighted by molar-refractivity contribution is -0.138. The molecule has 4 N–H and O–H groups in total. The lowest BCUT2D eigenvalue weighted by Gasteiger charge is -2.48. The minimum Gasteiger partial charge on any atom is -0.390 e. The highest BCUT2D eigenvalue weighted by Crippen LogP contribution is 2.41. The Bertz CT molecular complexity index is 1090. The first-order valence-electron chi connectivity index (χ1n) is 10.2. The largest absolute Gasteiger partial charge is 0.390 e. The minimum atomic E-state index is -0.783. The molecule has 8 nitrogen and oxygen atoms in total. The van der Waals surface area contributed by atoms with Crippen molar-refractivity contribution >= 4 is 23.2 Å². The number of guanidine groups is 1. The lowest BCUT2D eigenvalue weighted by Crippen LogP contribution is -2.61. The van der Waals surface area contributed by atoms with Crippen LogP contribution in [-0.2, 0) is 10.3 Å². The molecule has 160 valence electrons. The Morgan fingerprint density at radius 1 is 1.29 bits per heavy atom. The van der Waals surface area contributed by atoms with Crippen LogP contribution >= 0.6 is 0 Å². The number of aliphatic hydroxyl groups is 1. The summed E-state index contributed by atoms with van der Waals surface area (Å²) >= 11 is 0. The lowest BCUT2D eigenvalue weighted by atomic mass is 9.75. The van der Waals surface area contributed by atoms with E-state index in [1.807, 2.05) is 38.1 Å². The summed E-state index contributed by atoms with van der Waals surface area (Å²) in [5.41, 5.74) is 8.56. The van der Waals surface area contributed by atoms with Crippen LogP contribution < -0.4 is 11.1 Å². The maximum atomic E-state index is 13.0. The number of pyridine rings is 1. The number of benzene rings is 1. The van der Waals surface area contributed by atoms with Gasteiger partial charge in [0.05, 0.1) is 29.4 Å². The van der Waals surface area contributed by atoms with E-state index >= 15 is 0 Å². The third-order valence-electron chi connectivity index (χ3n) is 6.16. The fourth-order valence-electron chi connectivity index (χ4n) is 4.58. The first-order chi connectivity index (χ1) is 14.6. The molecule has 1 aliphatic carbocycles. The van der Waals surface area contributed by atoms with Gasteiger partial charge >= 0.3 is 0 Å². The van der Waals surface area contributed by atoms with Crippen molar-refractivity contribution in [1.29, 1.82) is 5.26 Å². The number of rotatable bonds is 4. The van der Waals surface area contributed by atoms with Crippen molar-refractivity contribution in [2.24, 2.45) is 10.7 Å². The van der Waals surface area contributed by atoms with Crippen LogP contribution in [0.2, 0.25) is 0 Å². The number of carbonyl (C=O) groups excluding carboxylic acids is 1. The highest BCUT2D eigenvalue weighted by Gasteiger charge is 2.48. The van der Waals surface area contributed by atoms with Gasteiger partial charge in [-0.2, -0.15) is 5.26 Å². The van der Waals surface area contributed by atoms with Gasteiger partial charge in [-0.1, -0.05) is 12.1 Å².